The molecular weight excluding hydrogens is 184 g/mol. The molecular formula is C14H22O. The number of benzene rings is 1. The summed E-state index contributed by atoms with van der Waals surface area (Å²) in [4.78, 5) is 0. The second-order valence-corrected chi connectivity index (χ2v) is 2.77. The van der Waals surface area contributed by atoms with Gasteiger partial charge in [0.05, 0.1) is 0 Å². The van der Waals surface area contributed by atoms with Gasteiger partial charge in [-0.2, -0.15) is 0 Å². The second-order valence-electron chi connectivity index (χ2n) is 2.77. The van der Waals surface area contributed by atoms with Crippen molar-refractivity contribution in [3.8, 4) is 0 Å². The molecule has 1 rings (SSSR count). The topological polar surface area (TPSA) is 20.2 Å². The predicted octanol–water partition coefficient (Wildman–Crippen LogP) is 4.66. The number of aliphatic hydroxyl groups excluding tert-OH is 1. The third-order valence-electron chi connectivity index (χ3n) is 1.70. The average Bonchev–Trinajstić information content (AvgIpc) is 2.27. The smallest absolute Gasteiger partial charge is 0.115 e. The Morgan fingerprint density at radius 2 is 1.60 bits per heavy atom. The molecule has 0 aliphatic carbocycles. The normalized spacial score (nSPS) is 7.73. The van der Waals surface area contributed by atoms with Gasteiger partial charge in [-0.3, -0.25) is 0 Å². The zero-order valence-corrected chi connectivity index (χ0v) is 10.3. The van der Waals surface area contributed by atoms with E-state index in [1.165, 1.54) is 0 Å². The highest BCUT2D eigenvalue weighted by molar-refractivity contribution is 5.60. The standard InChI is InChI=1S/C10H12O.C2H6.C2H4/c1-7-4-5-8(2)10(6-7)9(3)11;2*1-2/h4-6,11H,3H2,1-2H3;1-2H3;1-2H2. The molecule has 0 radical (unpaired) electrons. The van der Waals surface area contributed by atoms with Crippen LogP contribution in [0.25, 0.3) is 5.76 Å². The third kappa shape index (κ3) is 5.74. The highest BCUT2D eigenvalue weighted by atomic mass is 16.3. The molecule has 0 aliphatic heterocycles. The van der Waals surface area contributed by atoms with Crippen LogP contribution in [0.3, 0.4) is 0 Å². The zero-order chi connectivity index (χ0) is 12.4. The Morgan fingerprint density at radius 1 is 1.13 bits per heavy atom. The molecule has 0 unspecified atom stereocenters. The third-order valence-corrected chi connectivity index (χ3v) is 1.70. The van der Waals surface area contributed by atoms with E-state index in [2.05, 4.69) is 19.7 Å². The minimum Gasteiger partial charge on any atom is -0.508 e. The van der Waals surface area contributed by atoms with Crippen molar-refractivity contribution in [3.63, 3.8) is 0 Å². The molecule has 0 spiro atoms. The first-order valence-electron chi connectivity index (χ1n) is 5.07. The molecule has 1 N–H and O–H groups in total. The lowest BCUT2D eigenvalue weighted by atomic mass is 10.1. The Morgan fingerprint density at radius 3 is 1.93 bits per heavy atom. The Hall–Kier alpha value is -1.50. The van der Waals surface area contributed by atoms with Crippen LogP contribution in [0.4, 0.5) is 0 Å². The minimum atomic E-state index is 0.145. The fourth-order valence-electron chi connectivity index (χ4n) is 1.05. The fourth-order valence-corrected chi connectivity index (χ4v) is 1.05. The molecule has 0 atom stereocenters. The molecule has 0 heterocycles. The average molecular weight is 206 g/mol. The Balaban J connectivity index is 0. The molecule has 15 heavy (non-hydrogen) atoms. The molecule has 1 aromatic carbocycles. The molecule has 1 heteroatoms. The van der Waals surface area contributed by atoms with Crippen molar-refractivity contribution in [1.29, 1.82) is 0 Å². The first-order valence-corrected chi connectivity index (χ1v) is 5.07. The lowest BCUT2D eigenvalue weighted by molar-refractivity contribution is 0.513. The van der Waals surface area contributed by atoms with Crippen molar-refractivity contribution in [2.75, 3.05) is 0 Å². The largest absolute Gasteiger partial charge is 0.508 e. The van der Waals surface area contributed by atoms with E-state index in [1.54, 1.807) is 0 Å². The molecule has 0 saturated heterocycles. The van der Waals surface area contributed by atoms with E-state index in [0.717, 1.165) is 16.7 Å². The maximum absolute atomic E-state index is 9.13. The maximum Gasteiger partial charge on any atom is 0.115 e. The first-order chi connectivity index (χ1) is 7.11. The van der Waals surface area contributed by atoms with Crippen LogP contribution in [0, 0.1) is 13.8 Å². The summed E-state index contributed by atoms with van der Waals surface area (Å²) in [6.45, 7) is 17.4. The number of aliphatic hydroxyl groups is 1. The summed E-state index contributed by atoms with van der Waals surface area (Å²) in [7, 11) is 0. The van der Waals surface area contributed by atoms with Gasteiger partial charge in [0.25, 0.3) is 0 Å². The van der Waals surface area contributed by atoms with Gasteiger partial charge in [0.2, 0.25) is 0 Å². The first kappa shape index (κ1) is 15.9. The van der Waals surface area contributed by atoms with Crippen LogP contribution in [0.1, 0.15) is 30.5 Å². The Bertz CT molecular complexity index is 300. The molecule has 0 fully saturated rings. The van der Waals surface area contributed by atoms with Crippen molar-refractivity contribution < 1.29 is 5.11 Å². The van der Waals surface area contributed by atoms with Gasteiger partial charge in [-0.1, -0.05) is 38.1 Å². The highest BCUT2D eigenvalue weighted by Crippen LogP contribution is 2.16. The van der Waals surface area contributed by atoms with Crippen molar-refractivity contribution in [3.05, 3.63) is 54.6 Å². The quantitative estimate of drug-likeness (QED) is 0.523. The number of hydrogen-bond acceptors (Lipinski definition) is 1. The lowest BCUT2D eigenvalue weighted by Crippen LogP contribution is -1.87. The van der Waals surface area contributed by atoms with Gasteiger partial charge in [-0.05, 0) is 25.5 Å². The molecule has 0 saturated carbocycles. The minimum absolute atomic E-state index is 0.145. The summed E-state index contributed by atoms with van der Waals surface area (Å²) in [6.07, 6.45) is 0. The van der Waals surface area contributed by atoms with Crippen LogP contribution in [0.2, 0.25) is 0 Å². The monoisotopic (exact) mass is 206 g/mol. The van der Waals surface area contributed by atoms with E-state index >= 15 is 0 Å². The van der Waals surface area contributed by atoms with Crippen LogP contribution >= 0.6 is 0 Å². The van der Waals surface area contributed by atoms with Crippen LogP contribution in [0.5, 0.6) is 0 Å². The summed E-state index contributed by atoms with van der Waals surface area (Å²) in [6, 6.07) is 5.92. The van der Waals surface area contributed by atoms with Gasteiger partial charge in [0.15, 0.2) is 0 Å². The van der Waals surface area contributed by atoms with Crippen molar-refractivity contribution in [2.45, 2.75) is 27.7 Å². The summed E-state index contributed by atoms with van der Waals surface area (Å²) in [5, 5.41) is 9.13. The van der Waals surface area contributed by atoms with E-state index in [0.29, 0.717) is 0 Å². The SMILES string of the molecule is C=C.C=C(O)c1cc(C)ccc1C.CC. The molecule has 0 aromatic heterocycles. The van der Waals surface area contributed by atoms with Gasteiger partial charge in [-0.15, -0.1) is 13.2 Å². The molecule has 0 aliphatic rings. The molecule has 1 aromatic rings. The predicted molar refractivity (Wildman–Crippen MR) is 70.2 cm³/mol. The fraction of sp³-hybridized carbons (Fsp3) is 0.286. The lowest BCUT2D eigenvalue weighted by Gasteiger charge is -2.03. The van der Waals surface area contributed by atoms with Crippen molar-refractivity contribution in [2.24, 2.45) is 0 Å². The van der Waals surface area contributed by atoms with Crippen LogP contribution in [-0.2, 0) is 0 Å². The van der Waals surface area contributed by atoms with Crippen molar-refractivity contribution in [1.82, 2.24) is 0 Å². The van der Waals surface area contributed by atoms with E-state index < -0.39 is 0 Å². The molecule has 0 bridgehead atoms. The van der Waals surface area contributed by atoms with E-state index in [-0.39, 0.29) is 5.76 Å². The van der Waals surface area contributed by atoms with E-state index in [9.17, 15) is 0 Å². The van der Waals surface area contributed by atoms with Gasteiger partial charge < -0.3 is 5.11 Å². The Kier molecular flexibility index (Phi) is 9.65. The summed E-state index contributed by atoms with van der Waals surface area (Å²) in [5.41, 5.74) is 3.04. The molecule has 1 nitrogen and oxygen atoms in total. The zero-order valence-electron chi connectivity index (χ0n) is 10.3. The second kappa shape index (κ2) is 9.07. The van der Waals surface area contributed by atoms with E-state index in [1.807, 2.05) is 45.9 Å². The van der Waals surface area contributed by atoms with Gasteiger partial charge in [0.1, 0.15) is 5.76 Å². The summed E-state index contributed by atoms with van der Waals surface area (Å²) in [5.74, 6) is 0.145. The highest BCUT2D eigenvalue weighted by Gasteiger charge is 1.99. The van der Waals surface area contributed by atoms with Gasteiger partial charge >= 0.3 is 0 Å². The van der Waals surface area contributed by atoms with Gasteiger partial charge in [-0.25, -0.2) is 0 Å². The van der Waals surface area contributed by atoms with Crippen LogP contribution < -0.4 is 0 Å². The van der Waals surface area contributed by atoms with Crippen LogP contribution in [0.15, 0.2) is 37.9 Å². The summed E-state index contributed by atoms with van der Waals surface area (Å²) < 4.78 is 0. The number of hydrogen-bond donors (Lipinski definition) is 1. The maximum atomic E-state index is 9.13. The van der Waals surface area contributed by atoms with Crippen LogP contribution in [-0.4, -0.2) is 5.11 Å². The number of rotatable bonds is 1. The molecule has 0 amide bonds. The Labute approximate surface area is 93.8 Å². The van der Waals surface area contributed by atoms with E-state index in [4.69, 9.17) is 5.11 Å². The summed E-state index contributed by atoms with van der Waals surface area (Å²) >= 11 is 0. The van der Waals surface area contributed by atoms with Crippen molar-refractivity contribution >= 4 is 5.76 Å². The molecule has 84 valence electrons. The van der Waals surface area contributed by atoms with Gasteiger partial charge in [0, 0.05) is 5.56 Å². The number of aryl methyl sites for hydroxylation is 2.